The van der Waals surface area contributed by atoms with Gasteiger partial charge in [-0.15, -0.1) is 0 Å². The molecule has 7 heteroatoms. The van der Waals surface area contributed by atoms with Gasteiger partial charge in [-0.25, -0.2) is 0 Å². The molecule has 1 aliphatic carbocycles. The summed E-state index contributed by atoms with van der Waals surface area (Å²) in [6.45, 7) is 0. The van der Waals surface area contributed by atoms with E-state index in [0.29, 0.717) is 11.3 Å². The topological polar surface area (TPSA) is 120 Å². The molecule has 1 aromatic heterocycles. The van der Waals surface area contributed by atoms with Crippen molar-refractivity contribution in [2.75, 3.05) is 5.32 Å². The smallest absolute Gasteiger partial charge is 0.227 e. The van der Waals surface area contributed by atoms with Crippen LogP contribution in [-0.2, 0) is 4.79 Å². The molecule has 0 unspecified atom stereocenters. The Bertz CT molecular complexity index is 971. The molecule has 1 aliphatic rings. The number of amidine groups is 1. The van der Waals surface area contributed by atoms with Crippen LogP contribution in [0.15, 0.2) is 52.1 Å². The standard InChI is InChI=1S/C18H17N5O2/c19-17(22-20)12-5-8-15-14(9-12)16(25-23-15)10-3-6-13(7-4-10)21-18(24)11-1-2-11/h3-9,11H,1-2,20H2,(H2,19,22)(H,21,24). The Kier molecular flexibility index (Phi) is 3.61. The van der Waals surface area contributed by atoms with Crippen molar-refractivity contribution in [2.24, 2.45) is 22.6 Å². The quantitative estimate of drug-likeness (QED) is 0.293. The second-order valence-electron chi connectivity index (χ2n) is 6.10. The van der Waals surface area contributed by atoms with Gasteiger partial charge in [0, 0.05) is 22.7 Å². The Hall–Kier alpha value is -3.35. The molecule has 1 amide bonds. The molecule has 5 N–H and O–H groups in total. The monoisotopic (exact) mass is 335 g/mol. The van der Waals surface area contributed by atoms with Crippen molar-refractivity contribution in [3.63, 3.8) is 0 Å². The summed E-state index contributed by atoms with van der Waals surface area (Å²) in [6.07, 6.45) is 1.96. The first-order valence-electron chi connectivity index (χ1n) is 8.00. The van der Waals surface area contributed by atoms with Crippen LogP contribution in [0, 0.1) is 5.92 Å². The number of rotatable bonds is 4. The largest absolute Gasteiger partial charge is 0.382 e. The minimum absolute atomic E-state index is 0.0825. The molecule has 0 saturated heterocycles. The number of hydrogen-bond acceptors (Lipinski definition) is 5. The molecule has 1 saturated carbocycles. The van der Waals surface area contributed by atoms with E-state index in [-0.39, 0.29) is 17.7 Å². The predicted octanol–water partition coefficient (Wildman–Crippen LogP) is 2.42. The van der Waals surface area contributed by atoms with Crippen LogP contribution in [0.1, 0.15) is 18.4 Å². The molecule has 0 bridgehead atoms. The molecule has 2 aromatic carbocycles. The van der Waals surface area contributed by atoms with Crippen LogP contribution >= 0.6 is 0 Å². The Balaban J connectivity index is 1.65. The molecular weight excluding hydrogens is 318 g/mol. The number of amides is 1. The van der Waals surface area contributed by atoms with E-state index in [0.717, 1.165) is 35.0 Å². The number of benzene rings is 2. The van der Waals surface area contributed by atoms with E-state index >= 15 is 0 Å². The predicted molar refractivity (Wildman–Crippen MR) is 95.7 cm³/mol. The number of nitrogens with zero attached hydrogens (tertiary/aromatic N) is 2. The number of nitrogens with one attached hydrogen (secondary N) is 1. The summed E-state index contributed by atoms with van der Waals surface area (Å²) < 4.78 is 5.49. The van der Waals surface area contributed by atoms with Crippen LogP contribution in [0.2, 0.25) is 0 Å². The maximum absolute atomic E-state index is 11.8. The average Bonchev–Trinajstić information content (AvgIpc) is 3.41. The third kappa shape index (κ3) is 2.91. The molecule has 0 aliphatic heterocycles. The third-order valence-electron chi connectivity index (χ3n) is 4.27. The zero-order chi connectivity index (χ0) is 17.4. The number of nitrogens with two attached hydrogens (primary N) is 2. The minimum Gasteiger partial charge on any atom is -0.382 e. The molecular formula is C18H17N5O2. The fourth-order valence-corrected chi connectivity index (χ4v) is 2.68. The first-order valence-corrected chi connectivity index (χ1v) is 8.00. The fourth-order valence-electron chi connectivity index (χ4n) is 2.68. The summed E-state index contributed by atoms with van der Waals surface area (Å²) in [4.78, 5) is 11.8. The first-order chi connectivity index (χ1) is 12.2. The lowest BCUT2D eigenvalue weighted by Crippen LogP contribution is -2.15. The van der Waals surface area contributed by atoms with Crippen molar-refractivity contribution in [2.45, 2.75) is 12.8 Å². The highest BCUT2D eigenvalue weighted by Crippen LogP contribution is 2.32. The molecule has 1 fully saturated rings. The highest BCUT2D eigenvalue weighted by molar-refractivity contribution is 6.02. The molecule has 25 heavy (non-hydrogen) atoms. The van der Waals surface area contributed by atoms with Gasteiger partial charge in [-0.1, -0.05) is 5.16 Å². The van der Waals surface area contributed by atoms with Gasteiger partial charge in [0.15, 0.2) is 5.76 Å². The Labute approximate surface area is 143 Å². The van der Waals surface area contributed by atoms with Gasteiger partial charge in [-0.05, 0) is 55.3 Å². The number of aromatic nitrogens is 1. The molecule has 0 radical (unpaired) electrons. The van der Waals surface area contributed by atoms with Crippen molar-refractivity contribution in [3.8, 4) is 11.3 Å². The van der Waals surface area contributed by atoms with Gasteiger partial charge in [-0.3, -0.25) is 4.79 Å². The minimum atomic E-state index is 0.0825. The lowest BCUT2D eigenvalue weighted by molar-refractivity contribution is -0.117. The van der Waals surface area contributed by atoms with Gasteiger partial charge in [0.1, 0.15) is 11.4 Å². The van der Waals surface area contributed by atoms with Crippen molar-refractivity contribution < 1.29 is 9.32 Å². The van der Waals surface area contributed by atoms with Gasteiger partial charge in [0.05, 0.1) is 5.39 Å². The van der Waals surface area contributed by atoms with E-state index in [4.69, 9.17) is 16.1 Å². The summed E-state index contributed by atoms with van der Waals surface area (Å²) in [7, 11) is 0. The summed E-state index contributed by atoms with van der Waals surface area (Å²) in [6, 6.07) is 12.9. The third-order valence-corrected chi connectivity index (χ3v) is 4.27. The van der Waals surface area contributed by atoms with E-state index in [1.165, 1.54) is 0 Å². The number of hydrogen-bond donors (Lipinski definition) is 3. The number of carbonyl (C=O) groups is 1. The van der Waals surface area contributed by atoms with E-state index in [1.807, 2.05) is 30.3 Å². The van der Waals surface area contributed by atoms with E-state index in [9.17, 15) is 4.79 Å². The zero-order valence-corrected chi connectivity index (χ0v) is 13.4. The Morgan fingerprint density at radius 2 is 1.96 bits per heavy atom. The fraction of sp³-hybridized carbons (Fsp3) is 0.167. The summed E-state index contributed by atoms with van der Waals surface area (Å²) in [5.41, 5.74) is 8.81. The van der Waals surface area contributed by atoms with Crippen molar-refractivity contribution in [3.05, 3.63) is 48.0 Å². The normalized spacial score (nSPS) is 14.6. The molecule has 0 atom stereocenters. The maximum Gasteiger partial charge on any atom is 0.227 e. The Morgan fingerprint density at radius 3 is 2.64 bits per heavy atom. The molecule has 3 aromatic rings. The van der Waals surface area contributed by atoms with E-state index < -0.39 is 0 Å². The summed E-state index contributed by atoms with van der Waals surface area (Å²) in [5, 5.41) is 11.3. The van der Waals surface area contributed by atoms with E-state index in [2.05, 4.69) is 15.6 Å². The SMILES string of the molecule is N/N=C(\N)c1ccc2noc(-c3ccc(NC(=O)C4CC4)cc3)c2c1. The van der Waals surface area contributed by atoms with E-state index in [1.54, 1.807) is 12.1 Å². The molecule has 126 valence electrons. The first kappa shape index (κ1) is 15.2. The second-order valence-corrected chi connectivity index (χ2v) is 6.10. The van der Waals surface area contributed by atoms with Crippen LogP contribution in [0.3, 0.4) is 0 Å². The van der Waals surface area contributed by atoms with Crippen LogP contribution in [-0.4, -0.2) is 16.9 Å². The number of anilines is 1. The van der Waals surface area contributed by atoms with Crippen LogP contribution in [0.4, 0.5) is 5.69 Å². The van der Waals surface area contributed by atoms with Crippen LogP contribution in [0.25, 0.3) is 22.2 Å². The maximum atomic E-state index is 11.8. The molecule has 4 rings (SSSR count). The van der Waals surface area contributed by atoms with Crippen LogP contribution in [0.5, 0.6) is 0 Å². The lowest BCUT2D eigenvalue weighted by atomic mass is 10.1. The van der Waals surface area contributed by atoms with Crippen molar-refractivity contribution in [1.29, 1.82) is 0 Å². The number of hydrazone groups is 1. The summed E-state index contributed by atoms with van der Waals surface area (Å²) >= 11 is 0. The number of carbonyl (C=O) groups excluding carboxylic acids is 1. The Morgan fingerprint density at radius 1 is 1.20 bits per heavy atom. The summed E-state index contributed by atoms with van der Waals surface area (Å²) in [5.74, 6) is 6.37. The highest BCUT2D eigenvalue weighted by atomic mass is 16.5. The van der Waals surface area contributed by atoms with Crippen molar-refractivity contribution in [1.82, 2.24) is 5.16 Å². The van der Waals surface area contributed by atoms with Gasteiger partial charge < -0.3 is 21.4 Å². The van der Waals surface area contributed by atoms with Crippen molar-refractivity contribution >= 4 is 28.3 Å². The zero-order valence-electron chi connectivity index (χ0n) is 13.4. The molecule has 0 spiro atoms. The van der Waals surface area contributed by atoms with Gasteiger partial charge >= 0.3 is 0 Å². The van der Waals surface area contributed by atoms with Gasteiger partial charge in [-0.2, -0.15) is 5.10 Å². The molecule has 7 nitrogen and oxygen atoms in total. The second kappa shape index (κ2) is 5.94. The van der Waals surface area contributed by atoms with Gasteiger partial charge in [0.25, 0.3) is 0 Å². The lowest BCUT2D eigenvalue weighted by Gasteiger charge is -2.05. The average molecular weight is 335 g/mol. The molecule has 1 heterocycles. The highest BCUT2D eigenvalue weighted by Gasteiger charge is 2.29. The number of fused-ring (bicyclic) bond motifs is 1. The van der Waals surface area contributed by atoms with Gasteiger partial charge in [0.2, 0.25) is 5.91 Å². The van der Waals surface area contributed by atoms with Crippen LogP contribution < -0.4 is 16.9 Å².